The fraction of sp³-hybridized carbons (Fsp3) is 0.654. The van der Waals surface area contributed by atoms with Crippen LogP contribution in [0.4, 0.5) is 5.69 Å². The number of halogens is 1. The zero-order valence-electron chi connectivity index (χ0n) is 20.4. The molecule has 1 atom stereocenters. The van der Waals surface area contributed by atoms with E-state index in [-0.39, 0.29) is 24.3 Å². The van der Waals surface area contributed by atoms with Crippen LogP contribution in [-0.4, -0.2) is 47.3 Å². The predicted octanol–water partition coefficient (Wildman–Crippen LogP) is 5.14. The van der Waals surface area contributed by atoms with Crippen molar-refractivity contribution in [2.24, 2.45) is 11.3 Å². The Bertz CT molecular complexity index is 918. The number of nitrogens with zero attached hydrogens (tertiary/aromatic N) is 3. The molecule has 1 saturated carbocycles. The SMILES string of the molecule is Cc1c(CN2CCN(C(=O)C3CCCC3)[C@@H](C)C2)cc(Cl)cc1NC(=O)CCC(C)(C)C#N. The Morgan fingerprint density at radius 3 is 2.58 bits per heavy atom. The molecule has 0 bridgehead atoms. The van der Waals surface area contributed by atoms with E-state index in [4.69, 9.17) is 16.9 Å². The number of benzene rings is 1. The van der Waals surface area contributed by atoms with Crippen LogP contribution in [-0.2, 0) is 16.1 Å². The average molecular weight is 473 g/mol. The number of carbonyl (C=O) groups is 2. The van der Waals surface area contributed by atoms with Gasteiger partial charge in [-0.3, -0.25) is 14.5 Å². The van der Waals surface area contributed by atoms with E-state index < -0.39 is 5.41 Å². The smallest absolute Gasteiger partial charge is 0.226 e. The van der Waals surface area contributed by atoms with Gasteiger partial charge in [0.15, 0.2) is 0 Å². The van der Waals surface area contributed by atoms with Crippen LogP contribution in [0.3, 0.4) is 0 Å². The molecule has 0 radical (unpaired) electrons. The van der Waals surface area contributed by atoms with Crippen molar-refractivity contribution in [2.45, 2.75) is 78.8 Å². The highest BCUT2D eigenvalue weighted by molar-refractivity contribution is 6.31. The van der Waals surface area contributed by atoms with E-state index in [2.05, 4.69) is 28.1 Å². The number of hydrogen-bond donors (Lipinski definition) is 1. The molecule has 7 heteroatoms. The normalized spacial score (nSPS) is 20.0. The molecule has 6 nitrogen and oxygen atoms in total. The molecule has 1 aliphatic heterocycles. The summed E-state index contributed by atoms with van der Waals surface area (Å²) in [5.41, 5.74) is 2.28. The van der Waals surface area contributed by atoms with Gasteiger partial charge in [0, 0.05) is 55.3 Å². The van der Waals surface area contributed by atoms with Crippen molar-refractivity contribution in [3.63, 3.8) is 0 Å². The fourth-order valence-corrected chi connectivity index (χ4v) is 5.12. The summed E-state index contributed by atoms with van der Waals surface area (Å²) in [6.45, 7) is 11.0. The summed E-state index contributed by atoms with van der Waals surface area (Å²) in [6.07, 6.45) is 5.22. The highest BCUT2D eigenvalue weighted by atomic mass is 35.5. The van der Waals surface area contributed by atoms with E-state index in [0.29, 0.717) is 17.4 Å². The minimum Gasteiger partial charge on any atom is -0.337 e. The number of piperazine rings is 1. The molecule has 2 amide bonds. The minimum atomic E-state index is -0.524. The Hall–Kier alpha value is -2.10. The molecule has 180 valence electrons. The van der Waals surface area contributed by atoms with Crippen molar-refractivity contribution < 1.29 is 9.59 Å². The molecular formula is C26H37ClN4O2. The van der Waals surface area contributed by atoms with Crippen molar-refractivity contribution in [3.05, 3.63) is 28.3 Å². The third-order valence-electron chi connectivity index (χ3n) is 7.13. The number of nitriles is 1. The molecule has 0 unspecified atom stereocenters. The first kappa shape index (κ1) is 25.5. The minimum absolute atomic E-state index is 0.109. The molecule has 0 aromatic heterocycles. The van der Waals surface area contributed by atoms with Gasteiger partial charge in [-0.25, -0.2) is 0 Å². The lowest BCUT2D eigenvalue weighted by Gasteiger charge is -2.41. The number of nitrogens with one attached hydrogen (secondary N) is 1. The zero-order chi connectivity index (χ0) is 24.2. The van der Waals surface area contributed by atoms with E-state index in [0.717, 1.165) is 55.8 Å². The van der Waals surface area contributed by atoms with Gasteiger partial charge in [0.05, 0.1) is 11.5 Å². The number of amides is 2. The van der Waals surface area contributed by atoms with Crippen LogP contribution < -0.4 is 5.32 Å². The standard InChI is InChI=1S/C26H37ClN4O2/c1-18-15-30(11-12-31(18)25(33)20-7-5-6-8-20)16-21-13-22(27)14-23(19(21)2)29-24(32)9-10-26(3,4)17-28/h13-14,18,20H,5-12,15-16H2,1-4H3,(H,29,32)/t18-/m0/s1. The van der Waals surface area contributed by atoms with Crippen molar-refractivity contribution in [3.8, 4) is 6.07 Å². The first-order chi connectivity index (χ1) is 15.6. The van der Waals surface area contributed by atoms with Crippen LogP contribution in [0.1, 0.15) is 70.4 Å². The van der Waals surface area contributed by atoms with E-state index in [1.165, 1.54) is 12.8 Å². The van der Waals surface area contributed by atoms with Crippen molar-refractivity contribution in [1.29, 1.82) is 5.26 Å². The maximum Gasteiger partial charge on any atom is 0.226 e. The van der Waals surface area contributed by atoms with E-state index >= 15 is 0 Å². The Kier molecular flexibility index (Phi) is 8.42. The molecule has 1 N–H and O–H groups in total. The van der Waals surface area contributed by atoms with Gasteiger partial charge in [0.1, 0.15) is 0 Å². The van der Waals surface area contributed by atoms with Crippen molar-refractivity contribution in [2.75, 3.05) is 25.0 Å². The molecule has 1 aliphatic carbocycles. The van der Waals surface area contributed by atoms with Crippen LogP contribution >= 0.6 is 11.6 Å². The van der Waals surface area contributed by atoms with Gasteiger partial charge in [-0.2, -0.15) is 5.26 Å². The van der Waals surface area contributed by atoms with E-state index in [9.17, 15) is 9.59 Å². The molecular weight excluding hydrogens is 436 g/mol. The summed E-state index contributed by atoms with van der Waals surface area (Å²) in [5, 5.41) is 12.7. The van der Waals surface area contributed by atoms with Gasteiger partial charge in [0.2, 0.25) is 11.8 Å². The Morgan fingerprint density at radius 1 is 1.24 bits per heavy atom. The summed E-state index contributed by atoms with van der Waals surface area (Å²) < 4.78 is 0. The topological polar surface area (TPSA) is 76.4 Å². The molecule has 1 aromatic rings. The molecule has 2 aliphatic rings. The summed E-state index contributed by atoms with van der Waals surface area (Å²) in [6, 6.07) is 6.17. The lowest BCUT2D eigenvalue weighted by atomic mass is 9.89. The van der Waals surface area contributed by atoms with Crippen LogP contribution in [0.25, 0.3) is 0 Å². The first-order valence-electron chi connectivity index (χ1n) is 12.1. The first-order valence-corrected chi connectivity index (χ1v) is 12.5. The Balaban J connectivity index is 1.61. The number of anilines is 1. The van der Waals surface area contributed by atoms with Gasteiger partial charge in [-0.15, -0.1) is 0 Å². The van der Waals surface area contributed by atoms with Gasteiger partial charge in [0.25, 0.3) is 0 Å². The molecule has 1 heterocycles. The quantitative estimate of drug-likeness (QED) is 0.596. The second-order valence-electron chi connectivity index (χ2n) is 10.4. The maximum atomic E-state index is 12.9. The summed E-state index contributed by atoms with van der Waals surface area (Å²) >= 11 is 6.40. The monoisotopic (exact) mass is 472 g/mol. The summed E-state index contributed by atoms with van der Waals surface area (Å²) in [7, 11) is 0. The van der Waals surface area contributed by atoms with E-state index in [1.807, 2.05) is 26.8 Å². The van der Waals surface area contributed by atoms with Crippen LogP contribution in [0.15, 0.2) is 12.1 Å². The zero-order valence-corrected chi connectivity index (χ0v) is 21.2. The van der Waals surface area contributed by atoms with Crippen molar-refractivity contribution in [1.82, 2.24) is 9.80 Å². The largest absolute Gasteiger partial charge is 0.337 e. The second kappa shape index (κ2) is 10.9. The van der Waals surface area contributed by atoms with E-state index in [1.54, 1.807) is 6.07 Å². The van der Waals surface area contributed by atoms with Crippen LogP contribution in [0.5, 0.6) is 0 Å². The number of hydrogen-bond acceptors (Lipinski definition) is 4. The average Bonchev–Trinajstić information content (AvgIpc) is 3.30. The fourth-order valence-electron chi connectivity index (χ4n) is 4.88. The predicted molar refractivity (Wildman–Crippen MR) is 132 cm³/mol. The molecule has 33 heavy (non-hydrogen) atoms. The van der Waals surface area contributed by atoms with Crippen molar-refractivity contribution >= 4 is 29.1 Å². The number of rotatable bonds is 7. The van der Waals surface area contributed by atoms with Gasteiger partial charge in [-0.1, -0.05) is 24.4 Å². The summed E-state index contributed by atoms with van der Waals surface area (Å²) in [4.78, 5) is 29.8. The molecule has 0 spiro atoms. The molecule has 2 fully saturated rings. The van der Waals surface area contributed by atoms with Crippen LogP contribution in [0, 0.1) is 29.6 Å². The van der Waals surface area contributed by atoms with Gasteiger partial charge in [-0.05, 0) is 70.2 Å². The maximum absolute atomic E-state index is 12.9. The highest BCUT2D eigenvalue weighted by Crippen LogP contribution is 2.30. The van der Waals surface area contributed by atoms with Gasteiger partial charge >= 0.3 is 0 Å². The lowest BCUT2D eigenvalue weighted by Crippen LogP contribution is -2.54. The Morgan fingerprint density at radius 2 is 1.94 bits per heavy atom. The molecule has 3 rings (SSSR count). The molecule has 1 aromatic carbocycles. The van der Waals surface area contributed by atoms with Crippen LogP contribution in [0.2, 0.25) is 5.02 Å². The highest BCUT2D eigenvalue weighted by Gasteiger charge is 2.33. The second-order valence-corrected chi connectivity index (χ2v) is 10.8. The summed E-state index contributed by atoms with van der Waals surface area (Å²) in [5.74, 6) is 0.449. The number of carbonyl (C=O) groups excluding carboxylic acids is 2. The lowest BCUT2D eigenvalue weighted by molar-refractivity contribution is -0.140. The molecule has 1 saturated heterocycles. The van der Waals surface area contributed by atoms with Gasteiger partial charge < -0.3 is 10.2 Å². The third-order valence-corrected chi connectivity index (χ3v) is 7.35. The Labute approximate surface area is 203 Å². The third kappa shape index (κ3) is 6.71.